The summed E-state index contributed by atoms with van der Waals surface area (Å²) < 4.78 is 1.13. The zero-order chi connectivity index (χ0) is 9.84. The lowest BCUT2D eigenvalue weighted by molar-refractivity contribution is 0.636. The molecule has 0 bridgehead atoms. The normalized spacial score (nSPS) is 12.9. The van der Waals surface area contributed by atoms with Crippen LogP contribution >= 0.6 is 15.9 Å². The highest BCUT2D eigenvalue weighted by Crippen LogP contribution is 2.25. The van der Waals surface area contributed by atoms with Gasteiger partial charge in [0.1, 0.15) is 0 Å². The van der Waals surface area contributed by atoms with Crippen LogP contribution < -0.4 is 5.73 Å². The van der Waals surface area contributed by atoms with Crippen LogP contribution in [0.3, 0.4) is 0 Å². The van der Waals surface area contributed by atoms with Crippen LogP contribution in [0.1, 0.15) is 36.9 Å². The monoisotopic (exact) mass is 241 g/mol. The van der Waals surface area contributed by atoms with Gasteiger partial charge in [0.15, 0.2) is 0 Å². The zero-order valence-corrected chi connectivity index (χ0v) is 9.76. The Balaban J connectivity index is 2.88. The summed E-state index contributed by atoms with van der Waals surface area (Å²) in [6, 6.07) is 6.50. The minimum absolute atomic E-state index is 0.167. The fraction of sp³-hybridized carbons (Fsp3) is 0.455. The number of nitrogens with two attached hydrogens (primary N) is 1. The molecular weight excluding hydrogens is 226 g/mol. The maximum Gasteiger partial charge on any atom is 0.0305 e. The molecule has 1 nitrogen and oxygen atoms in total. The molecule has 13 heavy (non-hydrogen) atoms. The Kier molecular flexibility index (Phi) is 3.94. The van der Waals surface area contributed by atoms with E-state index in [0.29, 0.717) is 0 Å². The maximum absolute atomic E-state index is 6.03. The zero-order valence-electron chi connectivity index (χ0n) is 8.18. The van der Waals surface area contributed by atoms with Gasteiger partial charge in [-0.1, -0.05) is 41.4 Å². The number of halogens is 1. The number of benzene rings is 1. The van der Waals surface area contributed by atoms with Gasteiger partial charge < -0.3 is 5.73 Å². The molecule has 0 aromatic heterocycles. The van der Waals surface area contributed by atoms with Gasteiger partial charge in [-0.3, -0.25) is 0 Å². The molecule has 1 rings (SSSR count). The predicted molar refractivity (Wildman–Crippen MR) is 60.7 cm³/mol. The smallest absolute Gasteiger partial charge is 0.0305 e. The van der Waals surface area contributed by atoms with Gasteiger partial charge in [-0.05, 0) is 30.5 Å². The molecule has 0 saturated carbocycles. The van der Waals surface area contributed by atoms with Crippen molar-refractivity contribution in [2.45, 2.75) is 32.7 Å². The summed E-state index contributed by atoms with van der Waals surface area (Å²) in [7, 11) is 0. The summed E-state index contributed by atoms with van der Waals surface area (Å²) in [6.45, 7) is 4.24. The molecule has 72 valence electrons. The average molecular weight is 242 g/mol. The second-order valence-electron chi connectivity index (χ2n) is 3.42. The number of hydrogen-bond donors (Lipinski definition) is 1. The molecule has 1 aromatic rings. The van der Waals surface area contributed by atoms with Crippen molar-refractivity contribution in [1.82, 2.24) is 0 Å². The summed E-state index contributed by atoms with van der Waals surface area (Å²) in [5, 5.41) is 0. The van der Waals surface area contributed by atoms with Gasteiger partial charge in [0.2, 0.25) is 0 Å². The van der Waals surface area contributed by atoms with E-state index in [9.17, 15) is 0 Å². The van der Waals surface area contributed by atoms with E-state index >= 15 is 0 Å². The summed E-state index contributed by atoms with van der Waals surface area (Å²) in [6.07, 6.45) is 2.17. The van der Waals surface area contributed by atoms with Crippen molar-refractivity contribution in [2.75, 3.05) is 0 Å². The molecule has 0 fully saturated rings. The molecule has 2 N–H and O–H groups in total. The Morgan fingerprint density at radius 1 is 1.46 bits per heavy atom. The lowest BCUT2D eigenvalue weighted by Crippen LogP contribution is -2.10. The van der Waals surface area contributed by atoms with Gasteiger partial charge in [-0.15, -0.1) is 0 Å². The third-order valence-corrected chi connectivity index (χ3v) is 2.84. The highest BCUT2D eigenvalue weighted by molar-refractivity contribution is 9.10. The second kappa shape index (κ2) is 4.77. The first-order valence-electron chi connectivity index (χ1n) is 4.66. The summed E-state index contributed by atoms with van der Waals surface area (Å²) in [5.41, 5.74) is 8.50. The predicted octanol–water partition coefficient (Wildman–Crippen LogP) is 3.56. The van der Waals surface area contributed by atoms with Gasteiger partial charge in [0, 0.05) is 10.5 Å². The van der Waals surface area contributed by atoms with Crippen molar-refractivity contribution in [3.63, 3.8) is 0 Å². The van der Waals surface area contributed by atoms with Crippen LogP contribution in [-0.2, 0) is 0 Å². The Bertz CT molecular complexity index is 283. The van der Waals surface area contributed by atoms with Gasteiger partial charge in [-0.2, -0.15) is 0 Å². The van der Waals surface area contributed by atoms with E-state index in [2.05, 4.69) is 48.0 Å². The molecule has 1 aromatic carbocycles. The van der Waals surface area contributed by atoms with Crippen LogP contribution in [0.4, 0.5) is 0 Å². The van der Waals surface area contributed by atoms with Crippen LogP contribution in [0.25, 0.3) is 0 Å². The van der Waals surface area contributed by atoms with Crippen LogP contribution in [0.5, 0.6) is 0 Å². The fourth-order valence-corrected chi connectivity index (χ4v) is 2.19. The highest BCUT2D eigenvalue weighted by atomic mass is 79.9. The molecule has 0 unspecified atom stereocenters. The first-order valence-corrected chi connectivity index (χ1v) is 5.46. The van der Waals surface area contributed by atoms with Crippen molar-refractivity contribution < 1.29 is 0 Å². The van der Waals surface area contributed by atoms with E-state index < -0.39 is 0 Å². The molecule has 0 aliphatic heterocycles. The first kappa shape index (κ1) is 10.7. The molecule has 0 spiro atoms. The summed E-state index contributed by atoms with van der Waals surface area (Å²) in [5.74, 6) is 0. The first-order chi connectivity index (χ1) is 6.15. The molecule has 0 heterocycles. The van der Waals surface area contributed by atoms with Gasteiger partial charge >= 0.3 is 0 Å². The standard InChI is InChI=1S/C11H16BrN/c1-3-4-11(13)9-6-5-8(2)7-10(9)12/h5-7,11H,3-4,13H2,1-2H3/t11-/m0/s1. The Morgan fingerprint density at radius 3 is 2.69 bits per heavy atom. The van der Waals surface area contributed by atoms with Gasteiger partial charge in [0.25, 0.3) is 0 Å². The van der Waals surface area contributed by atoms with Crippen LogP contribution in [-0.4, -0.2) is 0 Å². The summed E-state index contributed by atoms with van der Waals surface area (Å²) >= 11 is 3.54. The molecule has 0 aliphatic carbocycles. The van der Waals surface area contributed by atoms with Gasteiger partial charge in [0.05, 0.1) is 0 Å². The SMILES string of the molecule is CCC[C@H](N)c1ccc(C)cc1Br. The number of rotatable bonds is 3. The Morgan fingerprint density at radius 2 is 2.15 bits per heavy atom. The van der Waals surface area contributed by atoms with E-state index in [-0.39, 0.29) is 6.04 Å². The van der Waals surface area contributed by atoms with Crippen molar-refractivity contribution in [2.24, 2.45) is 5.73 Å². The lowest BCUT2D eigenvalue weighted by atomic mass is 10.0. The molecule has 1 atom stereocenters. The van der Waals surface area contributed by atoms with Crippen molar-refractivity contribution in [1.29, 1.82) is 0 Å². The third-order valence-electron chi connectivity index (χ3n) is 2.16. The summed E-state index contributed by atoms with van der Waals surface area (Å²) in [4.78, 5) is 0. The van der Waals surface area contributed by atoms with E-state index in [0.717, 1.165) is 17.3 Å². The number of hydrogen-bond acceptors (Lipinski definition) is 1. The fourth-order valence-electron chi connectivity index (χ4n) is 1.40. The van der Waals surface area contributed by atoms with Crippen molar-refractivity contribution in [3.05, 3.63) is 33.8 Å². The van der Waals surface area contributed by atoms with Crippen LogP contribution in [0, 0.1) is 6.92 Å². The minimum Gasteiger partial charge on any atom is -0.324 e. The van der Waals surface area contributed by atoms with Crippen molar-refractivity contribution in [3.8, 4) is 0 Å². The second-order valence-corrected chi connectivity index (χ2v) is 4.27. The van der Waals surface area contributed by atoms with E-state index in [1.165, 1.54) is 11.1 Å². The molecular formula is C11H16BrN. The minimum atomic E-state index is 0.167. The molecule has 0 amide bonds. The number of aryl methyl sites for hydroxylation is 1. The topological polar surface area (TPSA) is 26.0 Å². The van der Waals surface area contributed by atoms with Gasteiger partial charge in [-0.25, -0.2) is 0 Å². The van der Waals surface area contributed by atoms with Crippen LogP contribution in [0.2, 0.25) is 0 Å². The quantitative estimate of drug-likeness (QED) is 0.861. The van der Waals surface area contributed by atoms with Crippen molar-refractivity contribution >= 4 is 15.9 Å². The average Bonchev–Trinajstić information content (AvgIpc) is 2.04. The lowest BCUT2D eigenvalue weighted by Gasteiger charge is -2.13. The third kappa shape index (κ3) is 2.82. The van der Waals surface area contributed by atoms with E-state index in [1.54, 1.807) is 0 Å². The Labute approximate surface area is 88.5 Å². The molecule has 0 radical (unpaired) electrons. The van der Waals surface area contributed by atoms with Crippen LogP contribution in [0.15, 0.2) is 22.7 Å². The van der Waals surface area contributed by atoms with E-state index in [4.69, 9.17) is 5.73 Å². The molecule has 0 saturated heterocycles. The highest BCUT2D eigenvalue weighted by Gasteiger charge is 2.08. The van der Waals surface area contributed by atoms with E-state index in [1.807, 2.05) is 0 Å². The molecule has 0 aliphatic rings. The Hall–Kier alpha value is -0.340. The maximum atomic E-state index is 6.03. The molecule has 2 heteroatoms. The largest absolute Gasteiger partial charge is 0.324 e.